The van der Waals surface area contributed by atoms with Crippen molar-refractivity contribution in [3.05, 3.63) is 60.3 Å². The smallest absolute Gasteiger partial charge is 0.282 e. The van der Waals surface area contributed by atoms with E-state index in [0.717, 1.165) is 5.69 Å². The summed E-state index contributed by atoms with van der Waals surface area (Å²) in [4.78, 5) is 23.0. The van der Waals surface area contributed by atoms with Gasteiger partial charge in [-0.3, -0.25) is 4.79 Å². The predicted octanol–water partition coefficient (Wildman–Crippen LogP) is 2.92. The molecule has 0 aliphatic rings. The Morgan fingerprint density at radius 3 is 2.18 bits per heavy atom. The van der Waals surface area contributed by atoms with E-state index in [-0.39, 0.29) is 17.5 Å². The van der Waals surface area contributed by atoms with Crippen molar-refractivity contribution in [2.45, 2.75) is 0 Å². The van der Waals surface area contributed by atoms with Crippen LogP contribution < -0.4 is 9.64 Å². The maximum atomic E-state index is 12.7. The fraction of sp³-hybridized carbons (Fsp3) is 0.118. The third-order valence-corrected chi connectivity index (χ3v) is 3.38. The third kappa shape index (κ3) is 2.48. The van der Waals surface area contributed by atoms with Gasteiger partial charge in [-0.1, -0.05) is 30.3 Å². The normalized spacial score (nSPS) is 10.5. The maximum absolute atomic E-state index is 12.7. The van der Waals surface area contributed by atoms with Crippen molar-refractivity contribution in [3.63, 3.8) is 0 Å². The molecule has 0 aliphatic heterocycles. The Hall–Kier alpha value is -2.95. The van der Waals surface area contributed by atoms with Crippen molar-refractivity contribution in [2.75, 3.05) is 19.1 Å². The molecule has 22 heavy (non-hydrogen) atoms. The molecule has 3 aromatic rings. The molecule has 1 amide bonds. The Bertz CT molecular complexity index is 819. The minimum Gasteiger partial charge on any atom is -0.479 e. The number of carbonyl (C=O) groups excluding carboxylic acids is 1. The molecule has 0 unspecified atom stereocenters. The van der Waals surface area contributed by atoms with Gasteiger partial charge in [0.05, 0.1) is 18.1 Å². The summed E-state index contributed by atoms with van der Waals surface area (Å²) in [5.74, 6) is -0.0345. The molecule has 2 aromatic carbocycles. The minimum atomic E-state index is -0.263. The highest BCUT2D eigenvalue weighted by Gasteiger charge is 2.21. The van der Waals surface area contributed by atoms with Gasteiger partial charge in [0.1, 0.15) is 0 Å². The molecule has 1 heterocycles. The number of anilines is 1. The van der Waals surface area contributed by atoms with Gasteiger partial charge in [-0.2, -0.15) is 0 Å². The summed E-state index contributed by atoms with van der Waals surface area (Å²) < 4.78 is 5.24. The van der Waals surface area contributed by atoms with Gasteiger partial charge in [0.15, 0.2) is 5.69 Å². The number of ether oxygens (including phenoxy) is 1. The Morgan fingerprint density at radius 2 is 1.55 bits per heavy atom. The molecular formula is C17H15N3O2. The summed E-state index contributed by atoms with van der Waals surface area (Å²) in [6.45, 7) is 0. The summed E-state index contributed by atoms with van der Waals surface area (Å²) in [6.07, 6.45) is 0. The van der Waals surface area contributed by atoms with E-state index in [2.05, 4.69) is 9.97 Å². The minimum absolute atomic E-state index is 0.201. The molecule has 0 atom stereocenters. The molecule has 0 bridgehead atoms. The Kier molecular flexibility index (Phi) is 3.70. The molecule has 0 saturated heterocycles. The van der Waals surface area contributed by atoms with Crippen LogP contribution in [0.2, 0.25) is 0 Å². The van der Waals surface area contributed by atoms with E-state index < -0.39 is 0 Å². The second kappa shape index (κ2) is 5.81. The average molecular weight is 293 g/mol. The molecule has 0 saturated carbocycles. The van der Waals surface area contributed by atoms with Gasteiger partial charge in [-0.05, 0) is 24.3 Å². The SMILES string of the molecule is COc1nc2ccccc2nc1C(=O)N(C)c1ccccc1. The number of benzene rings is 2. The Balaban J connectivity index is 2.06. The van der Waals surface area contributed by atoms with Gasteiger partial charge in [0.25, 0.3) is 5.91 Å². The summed E-state index contributed by atoms with van der Waals surface area (Å²) >= 11 is 0. The second-order valence-electron chi connectivity index (χ2n) is 4.77. The lowest BCUT2D eigenvalue weighted by atomic mass is 10.2. The van der Waals surface area contributed by atoms with E-state index in [1.165, 1.54) is 12.0 Å². The number of rotatable bonds is 3. The first kappa shape index (κ1) is 14.0. The van der Waals surface area contributed by atoms with Crippen LogP contribution in [0.15, 0.2) is 54.6 Å². The van der Waals surface area contributed by atoms with Gasteiger partial charge in [0, 0.05) is 12.7 Å². The number of nitrogens with zero attached hydrogens (tertiary/aromatic N) is 3. The number of fused-ring (bicyclic) bond motifs is 1. The fourth-order valence-corrected chi connectivity index (χ4v) is 2.19. The van der Waals surface area contributed by atoms with E-state index in [1.807, 2.05) is 54.6 Å². The highest BCUT2D eigenvalue weighted by Crippen LogP contribution is 2.22. The van der Waals surface area contributed by atoms with Crippen LogP contribution in [-0.4, -0.2) is 30.0 Å². The van der Waals surface area contributed by atoms with E-state index >= 15 is 0 Å². The lowest BCUT2D eigenvalue weighted by Gasteiger charge is -2.18. The van der Waals surface area contributed by atoms with Crippen molar-refractivity contribution in [3.8, 4) is 5.88 Å². The molecule has 0 fully saturated rings. The van der Waals surface area contributed by atoms with Gasteiger partial charge < -0.3 is 9.64 Å². The van der Waals surface area contributed by atoms with Gasteiger partial charge >= 0.3 is 0 Å². The lowest BCUT2D eigenvalue weighted by Crippen LogP contribution is -2.27. The Morgan fingerprint density at radius 1 is 0.955 bits per heavy atom. The first-order valence-electron chi connectivity index (χ1n) is 6.84. The molecular weight excluding hydrogens is 278 g/mol. The quantitative estimate of drug-likeness (QED) is 0.745. The fourth-order valence-electron chi connectivity index (χ4n) is 2.19. The molecule has 3 rings (SSSR count). The zero-order chi connectivity index (χ0) is 15.5. The van der Waals surface area contributed by atoms with Crippen LogP contribution >= 0.6 is 0 Å². The largest absolute Gasteiger partial charge is 0.479 e. The van der Waals surface area contributed by atoms with Crippen molar-refractivity contribution < 1.29 is 9.53 Å². The van der Waals surface area contributed by atoms with E-state index in [4.69, 9.17) is 4.74 Å². The first-order chi connectivity index (χ1) is 10.7. The molecule has 110 valence electrons. The van der Waals surface area contributed by atoms with Crippen LogP contribution in [0.5, 0.6) is 5.88 Å². The van der Waals surface area contributed by atoms with E-state index in [1.54, 1.807) is 7.05 Å². The number of methoxy groups -OCH3 is 1. The maximum Gasteiger partial charge on any atom is 0.282 e. The lowest BCUT2D eigenvalue weighted by molar-refractivity contribution is 0.0984. The van der Waals surface area contributed by atoms with E-state index in [9.17, 15) is 4.79 Å². The zero-order valence-electron chi connectivity index (χ0n) is 12.4. The number of carbonyl (C=O) groups is 1. The van der Waals surface area contributed by atoms with Gasteiger partial charge in [-0.15, -0.1) is 0 Å². The molecule has 0 radical (unpaired) electrons. The van der Waals surface area contributed by atoms with Crippen molar-refractivity contribution >= 4 is 22.6 Å². The number of hydrogen-bond acceptors (Lipinski definition) is 4. The van der Waals surface area contributed by atoms with Crippen molar-refractivity contribution in [2.24, 2.45) is 0 Å². The summed E-state index contributed by atoms with van der Waals surface area (Å²) in [5.41, 5.74) is 2.34. The van der Waals surface area contributed by atoms with Crippen molar-refractivity contribution in [1.29, 1.82) is 0 Å². The average Bonchev–Trinajstić information content (AvgIpc) is 2.60. The molecule has 1 aromatic heterocycles. The highest BCUT2D eigenvalue weighted by atomic mass is 16.5. The summed E-state index contributed by atoms with van der Waals surface area (Å²) in [7, 11) is 3.19. The molecule has 0 N–H and O–H groups in total. The van der Waals surface area contributed by atoms with Gasteiger partial charge in [0.2, 0.25) is 5.88 Å². The van der Waals surface area contributed by atoms with Crippen molar-refractivity contribution in [1.82, 2.24) is 9.97 Å². The van der Waals surface area contributed by atoms with Crippen LogP contribution in [0.1, 0.15) is 10.5 Å². The molecule has 0 aliphatic carbocycles. The number of amides is 1. The van der Waals surface area contributed by atoms with Crippen LogP contribution in [0.3, 0.4) is 0 Å². The van der Waals surface area contributed by atoms with Crippen LogP contribution in [0.4, 0.5) is 5.69 Å². The topological polar surface area (TPSA) is 55.3 Å². The summed E-state index contributed by atoms with van der Waals surface area (Å²) in [6, 6.07) is 16.8. The second-order valence-corrected chi connectivity index (χ2v) is 4.77. The summed E-state index contributed by atoms with van der Waals surface area (Å²) in [5, 5.41) is 0. The monoisotopic (exact) mass is 293 g/mol. The number of hydrogen-bond donors (Lipinski definition) is 0. The zero-order valence-corrected chi connectivity index (χ0v) is 12.4. The number of aromatic nitrogens is 2. The van der Waals surface area contributed by atoms with Crippen LogP contribution in [-0.2, 0) is 0 Å². The molecule has 0 spiro atoms. The number of para-hydroxylation sites is 3. The molecule has 5 nitrogen and oxygen atoms in total. The van der Waals surface area contributed by atoms with Crippen LogP contribution in [0, 0.1) is 0 Å². The third-order valence-electron chi connectivity index (χ3n) is 3.38. The van der Waals surface area contributed by atoms with Gasteiger partial charge in [-0.25, -0.2) is 9.97 Å². The van der Waals surface area contributed by atoms with Crippen LogP contribution in [0.25, 0.3) is 11.0 Å². The first-order valence-corrected chi connectivity index (χ1v) is 6.84. The molecule has 5 heteroatoms. The standard InChI is InChI=1S/C17H15N3O2/c1-20(12-8-4-3-5-9-12)17(21)15-16(22-2)19-14-11-7-6-10-13(14)18-15/h3-11H,1-2H3. The highest BCUT2D eigenvalue weighted by molar-refractivity contribution is 6.06. The predicted molar refractivity (Wildman–Crippen MR) is 85.3 cm³/mol. The Labute approximate surface area is 128 Å². The van der Waals surface area contributed by atoms with E-state index in [0.29, 0.717) is 11.0 Å².